The lowest BCUT2D eigenvalue weighted by Gasteiger charge is -2.27. The van der Waals surface area contributed by atoms with Crippen LogP contribution in [0.1, 0.15) is 56.0 Å². The Hall–Kier alpha value is -2.71. The average Bonchev–Trinajstić information content (AvgIpc) is 3.40. The summed E-state index contributed by atoms with van der Waals surface area (Å²) >= 11 is 1.64. The van der Waals surface area contributed by atoms with E-state index in [1.165, 1.54) is 4.88 Å². The molecule has 1 aromatic carbocycles. The van der Waals surface area contributed by atoms with E-state index in [4.69, 9.17) is 4.74 Å². The van der Waals surface area contributed by atoms with Crippen LogP contribution in [0.2, 0.25) is 0 Å². The van der Waals surface area contributed by atoms with Crippen molar-refractivity contribution in [1.82, 2.24) is 19.9 Å². The Balaban J connectivity index is 1.50. The normalized spacial score (nSPS) is 19.1. The van der Waals surface area contributed by atoms with Gasteiger partial charge >= 0.3 is 6.09 Å². The molecule has 1 fully saturated rings. The van der Waals surface area contributed by atoms with Gasteiger partial charge in [0.25, 0.3) is 0 Å². The summed E-state index contributed by atoms with van der Waals surface area (Å²) < 4.78 is 5.51. The number of nitrogens with zero attached hydrogens (tertiary/aromatic N) is 3. The number of imidazole rings is 1. The van der Waals surface area contributed by atoms with Crippen molar-refractivity contribution in [1.29, 1.82) is 0 Å². The second-order valence-corrected chi connectivity index (χ2v) is 9.83. The molecule has 2 atom stereocenters. The summed E-state index contributed by atoms with van der Waals surface area (Å²) in [6.45, 7) is 7.76. The van der Waals surface area contributed by atoms with Crippen LogP contribution in [0.25, 0.3) is 10.4 Å². The number of aromatic amines is 1. The summed E-state index contributed by atoms with van der Waals surface area (Å²) in [5.41, 5.74) is 5.59. The van der Waals surface area contributed by atoms with E-state index in [0.717, 1.165) is 22.5 Å². The maximum absolute atomic E-state index is 12.6. The number of carbonyl (C=O) groups is 1. The van der Waals surface area contributed by atoms with Crippen molar-refractivity contribution in [2.75, 3.05) is 6.54 Å². The molecule has 1 saturated heterocycles. The molecule has 0 unspecified atom stereocenters. The monoisotopic (exact) mass is 440 g/mol. The van der Waals surface area contributed by atoms with Crippen LogP contribution < -0.4 is 0 Å². The number of carbonyl (C=O) groups excluding carboxylic acids is 1. The van der Waals surface area contributed by atoms with E-state index >= 15 is 0 Å². The van der Waals surface area contributed by atoms with E-state index in [1.54, 1.807) is 22.4 Å². The van der Waals surface area contributed by atoms with Crippen LogP contribution in [0, 0.1) is 6.92 Å². The Kier molecular flexibility index (Phi) is 5.85. The second-order valence-electron chi connectivity index (χ2n) is 8.98. The third-order valence-corrected chi connectivity index (χ3v) is 6.18. The predicted molar refractivity (Wildman–Crippen MR) is 120 cm³/mol. The molecule has 2 aromatic heterocycles. The highest BCUT2D eigenvalue weighted by Gasteiger charge is 2.39. The third-order valence-electron chi connectivity index (χ3n) is 5.20. The number of hydrogen-bond donors (Lipinski definition) is 2. The van der Waals surface area contributed by atoms with Crippen LogP contribution in [0.3, 0.4) is 0 Å². The molecule has 164 valence electrons. The Morgan fingerprint density at radius 3 is 2.87 bits per heavy atom. The largest absolute Gasteiger partial charge is 0.444 e. The molecule has 0 aliphatic carbocycles. The molecule has 31 heavy (non-hydrogen) atoms. The number of H-pyrrole nitrogens is 1. The summed E-state index contributed by atoms with van der Waals surface area (Å²) in [7, 11) is 0. The Morgan fingerprint density at radius 1 is 1.35 bits per heavy atom. The fourth-order valence-corrected chi connectivity index (χ4v) is 4.65. The van der Waals surface area contributed by atoms with Gasteiger partial charge in [-0.1, -0.05) is 18.2 Å². The van der Waals surface area contributed by atoms with Gasteiger partial charge in [-0.2, -0.15) is 0 Å². The molecule has 0 bridgehead atoms. The quantitative estimate of drug-likeness (QED) is 0.624. The second kappa shape index (κ2) is 8.43. The minimum atomic E-state index is -0.592. The summed E-state index contributed by atoms with van der Waals surface area (Å²) in [6, 6.07) is 8.09. The van der Waals surface area contributed by atoms with Crippen molar-refractivity contribution in [2.24, 2.45) is 0 Å². The lowest BCUT2D eigenvalue weighted by atomic mass is 10.1. The topological polar surface area (TPSA) is 91.3 Å². The third kappa shape index (κ3) is 4.97. The number of aliphatic hydroxyl groups is 1. The maximum atomic E-state index is 12.6. The zero-order valence-electron chi connectivity index (χ0n) is 18.3. The number of rotatable bonds is 4. The zero-order valence-corrected chi connectivity index (χ0v) is 19.1. The van der Waals surface area contributed by atoms with Gasteiger partial charge in [0.1, 0.15) is 11.4 Å². The summed E-state index contributed by atoms with van der Waals surface area (Å²) in [5, 5.41) is 10.2. The number of ether oxygens (including phenoxy) is 1. The number of hydrogen-bond acceptors (Lipinski definition) is 6. The van der Waals surface area contributed by atoms with Crippen molar-refractivity contribution in [3.63, 3.8) is 0 Å². The first-order valence-electron chi connectivity index (χ1n) is 10.4. The molecule has 8 heteroatoms. The molecule has 3 heterocycles. The average molecular weight is 441 g/mol. The van der Waals surface area contributed by atoms with Crippen LogP contribution in [-0.2, 0) is 11.2 Å². The van der Waals surface area contributed by atoms with Gasteiger partial charge in [-0.25, -0.2) is 14.8 Å². The van der Waals surface area contributed by atoms with Gasteiger partial charge in [0.15, 0.2) is 0 Å². The number of amides is 1. The number of aromatic nitrogens is 3. The smallest absolute Gasteiger partial charge is 0.411 e. The van der Waals surface area contributed by atoms with E-state index in [1.807, 2.05) is 33.2 Å². The van der Waals surface area contributed by atoms with Crippen molar-refractivity contribution in [3.8, 4) is 10.4 Å². The Bertz CT molecular complexity index is 1070. The van der Waals surface area contributed by atoms with E-state index in [-0.39, 0.29) is 12.6 Å². The van der Waals surface area contributed by atoms with E-state index in [9.17, 15) is 9.90 Å². The lowest BCUT2D eigenvalue weighted by molar-refractivity contribution is 0.0201. The first-order valence-corrected chi connectivity index (χ1v) is 11.3. The molecule has 3 aromatic rings. The van der Waals surface area contributed by atoms with Gasteiger partial charge < -0.3 is 14.8 Å². The number of β-amino-alcohol motifs (C(OH)–C–C–N with tert-alkyl or cyclic N) is 1. The van der Waals surface area contributed by atoms with Crippen molar-refractivity contribution >= 4 is 17.4 Å². The van der Waals surface area contributed by atoms with Gasteiger partial charge in [-0.05, 0) is 44.9 Å². The van der Waals surface area contributed by atoms with Crippen molar-refractivity contribution in [3.05, 3.63) is 58.7 Å². The number of benzene rings is 1. The highest BCUT2D eigenvalue weighted by Crippen LogP contribution is 2.32. The molecular weight excluding hydrogens is 412 g/mol. The molecule has 7 nitrogen and oxygen atoms in total. The van der Waals surface area contributed by atoms with Crippen LogP contribution in [0.4, 0.5) is 4.79 Å². The van der Waals surface area contributed by atoms with E-state index < -0.39 is 17.8 Å². The minimum Gasteiger partial charge on any atom is -0.444 e. The first kappa shape index (κ1) is 21.5. The van der Waals surface area contributed by atoms with E-state index in [2.05, 4.69) is 39.2 Å². The van der Waals surface area contributed by atoms with Crippen molar-refractivity contribution in [2.45, 2.75) is 58.3 Å². The van der Waals surface area contributed by atoms with Crippen LogP contribution in [-0.4, -0.2) is 49.3 Å². The molecular formula is C23H28N4O3S. The number of nitrogens with one attached hydrogen (secondary N) is 1. The van der Waals surface area contributed by atoms with Crippen molar-refractivity contribution < 1.29 is 14.6 Å². The molecule has 2 N–H and O–H groups in total. The number of aryl methyl sites for hydroxylation is 1. The Labute approximate surface area is 186 Å². The molecule has 1 amide bonds. The Morgan fingerprint density at radius 2 is 2.16 bits per heavy atom. The van der Waals surface area contributed by atoms with Gasteiger partial charge in [0.2, 0.25) is 0 Å². The highest BCUT2D eigenvalue weighted by atomic mass is 32.1. The van der Waals surface area contributed by atoms with Crippen LogP contribution in [0.5, 0.6) is 0 Å². The SMILES string of the molecule is Cc1ncsc1-c1cccc(Cc2cnc([C@@H]3C[C@@H](O)CN3C(=O)OC(C)(C)C)[nH]2)c1. The molecule has 0 saturated carbocycles. The predicted octanol–water partition coefficient (Wildman–Crippen LogP) is 4.48. The van der Waals surface area contributed by atoms with Gasteiger partial charge in [0, 0.05) is 24.7 Å². The van der Waals surface area contributed by atoms with Gasteiger partial charge in [-0.3, -0.25) is 4.90 Å². The molecule has 0 spiro atoms. The lowest BCUT2D eigenvalue weighted by Crippen LogP contribution is -2.37. The van der Waals surface area contributed by atoms with E-state index in [0.29, 0.717) is 18.7 Å². The standard InChI is InChI=1S/C23H28N4O3S/c1-14-20(31-13-25-14)16-7-5-6-15(8-16)9-17-11-24-21(26-17)19-10-18(28)12-27(19)22(29)30-23(2,3)4/h5-8,11,13,18-19,28H,9-10,12H2,1-4H3,(H,24,26)/t18-,19+/m1/s1. The van der Waals surface area contributed by atoms with Gasteiger partial charge in [-0.15, -0.1) is 11.3 Å². The fourth-order valence-electron chi connectivity index (χ4n) is 3.85. The summed E-state index contributed by atoms with van der Waals surface area (Å²) in [6.07, 6.45) is 1.91. The number of thiazole rings is 1. The van der Waals surface area contributed by atoms with Crippen LogP contribution in [0.15, 0.2) is 36.0 Å². The molecule has 4 rings (SSSR count). The fraction of sp³-hybridized carbons (Fsp3) is 0.435. The summed E-state index contributed by atoms with van der Waals surface area (Å²) in [4.78, 5) is 27.6. The maximum Gasteiger partial charge on any atom is 0.411 e. The van der Waals surface area contributed by atoms with Gasteiger partial charge in [0.05, 0.1) is 34.8 Å². The first-order chi connectivity index (χ1) is 14.7. The number of likely N-dealkylation sites (tertiary alicyclic amines) is 1. The minimum absolute atomic E-state index is 0.242. The molecule has 1 aliphatic rings. The highest BCUT2D eigenvalue weighted by molar-refractivity contribution is 7.13. The summed E-state index contributed by atoms with van der Waals surface area (Å²) in [5.74, 6) is 0.673. The molecule has 0 radical (unpaired) electrons. The van der Waals surface area contributed by atoms with Crippen LogP contribution >= 0.6 is 11.3 Å². The zero-order chi connectivity index (χ0) is 22.2. The molecule has 1 aliphatic heterocycles. The number of aliphatic hydroxyl groups excluding tert-OH is 1.